The lowest BCUT2D eigenvalue weighted by molar-refractivity contribution is 0.0951. The van der Waals surface area contributed by atoms with Crippen LogP contribution >= 0.6 is 0 Å². The summed E-state index contributed by atoms with van der Waals surface area (Å²) in [5.41, 5.74) is 0.199. The zero-order valence-corrected chi connectivity index (χ0v) is 16.0. The minimum absolute atomic E-state index is 0.144. The number of phenolic OH excluding ortho intramolecular Hbond substituents is 1. The molecule has 6 heteroatoms. The van der Waals surface area contributed by atoms with Crippen LogP contribution in [0.5, 0.6) is 11.5 Å². The third-order valence-corrected chi connectivity index (χ3v) is 5.02. The molecule has 0 bridgehead atoms. The first-order valence-electron chi connectivity index (χ1n) is 9.76. The van der Waals surface area contributed by atoms with E-state index in [1.54, 1.807) is 0 Å². The number of phenols is 1. The van der Waals surface area contributed by atoms with Crippen molar-refractivity contribution < 1.29 is 19.0 Å². The maximum Gasteiger partial charge on any atom is 0.166 e. The van der Waals surface area contributed by atoms with Gasteiger partial charge in [-0.2, -0.15) is 0 Å². The first kappa shape index (κ1) is 20.3. The van der Waals surface area contributed by atoms with Crippen molar-refractivity contribution in [1.29, 1.82) is 0 Å². The number of piperazine rings is 1. The summed E-state index contributed by atoms with van der Waals surface area (Å²) < 4.78 is 18.8. The minimum atomic E-state index is -0.541. The van der Waals surface area contributed by atoms with Gasteiger partial charge in [-0.25, -0.2) is 4.39 Å². The molecule has 0 amide bonds. The van der Waals surface area contributed by atoms with Crippen LogP contribution in [0.15, 0.2) is 48.5 Å². The van der Waals surface area contributed by atoms with E-state index in [2.05, 4.69) is 9.80 Å². The van der Waals surface area contributed by atoms with E-state index in [0.717, 1.165) is 57.5 Å². The maximum atomic E-state index is 13.0. The van der Waals surface area contributed by atoms with Crippen molar-refractivity contribution >= 4 is 5.78 Å². The molecular formula is C22H27FN2O3. The normalized spacial score (nSPS) is 15.5. The first-order valence-corrected chi connectivity index (χ1v) is 9.76. The number of Topliss-reactive ketones (excluding diaryl/α,β-unsaturated/α-hetero) is 1. The molecule has 1 aliphatic rings. The molecule has 0 spiro atoms. The van der Waals surface area contributed by atoms with Crippen LogP contribution in [0.1, 0.15) is 23.2 Å². The second-order valence-electron chi connectivity index (χ2n) is 7.03. The number of ether oxygens (including phenoxy) is 1. The van der Waals surface area contributed by atoms with Crippen molar-refractivity contribution in [2.75, 3.05) is 45.9 Å². The molecule has 0 unspecified atom stereocenters. The number of carbonyl (C=O) groups excluding carboxylic acids is 1. The number of halogens is 1. The van der Waals surface area contributed by atoms with Crippen LogP contribution in [0.2, 0.25) is 0 Å². The Balaban J connectivity index is 1.30. The zero-order valence-electron chi connectivity index (χ0n) is 16.0. The van der Waals surface area contributed by atoms with E-state index in [1.165, 1.54) is 12.1 Å². The van der Waals surface area contributed by atoms with Gasteiger partial charge in [0.25, 0.3) is 0 Å². The number of benzene rings is 2. The van der Waals surface area contributed by atoms with Gasteiger partial charge in [0.2, 0.25) is 0 Å². The van der Waals surface area contributed by atoms with E-state index in [0.29, 0.717) is 13.0 Å². The summed E-state index contributed by atoms with van der Waals surface area (Å²) in [5, 5.41) is 9.70. The molecule has 2 aromatic rings. The fraction of sp³-hybridized carbons (Fsp3) is 0.409. The van der Waals surface area contributed by atoms with Crippen LogP contribution < -0.4 is 4.74 Å². The Hall–Kier alpha value is -2.44. The summed E-state index contributed by atoms with van der Waals surface area (Å²) in [4.78, 5) is 16.9. The maximum absolute atomic E-state index is 13.0. The Bertz CT molecular complexity index is 762. The van der Waals surface area contributed by atoms with Crippen molar-refractivity contribution in [2.45, 2.75) is 12.8 Å². The van der Waals surface area contributed by atoms with Crippen LogP contribution in [-0.2, 0) is 0 Å². The second kappa shape index (κ2) is 10.2. The Morgan fingerprint density at radius 2 is 1.68 bits per heavy atom. The molecule has 0 saturated carbocycles. The van der Waals surface area contributed by atoms with Crippen LogP contribution in [0.4, 0.5) is 4.39 Å². The highest BCUT2D eigenvalue weighted by molar-refractivity contribution is 5.98. The highest BCUT2D eigenvalue weighted by atomic mass is 19.1. The minimum Gasteiger partial charge on any atom is -0.507 e. The van der Waals surface area contributed by atoms with Gasteiger partial charge in [0.05, 0.1) is 5.56 Å². The van der Waals surface area contributed by atoms with Crippen molar-refractivity contribution in [2.24, 2.45) is 0 Å². The molecule has 1 fully saturated rings. The van der Waals surface area contributed by atoms with Gasteiger partial charge >= 0.3 is 0 Å². The van der Waals surface area contributed by atoms with Crippen molar-refractivity contribution in [1.82, 2.24) is 9.80 Å². The molecule has 150 valence electrons. The van der Waals surface area contributed by atoms with E-state index in [9.17, 15) is 14.3 Å². The molecule has 2 aromatic carbocycles. The topological polar surface area (TPSA) is 53.0 Å². The lowest BCUT2D eigenvalue weighted by Gasteiger charge is -2.34. The van der Waals surface area contributed by atoms with Gasteiger partial charge in [0, 0.05) is 45.2 Å². The monoisotopic (exact) mass is 386 g/mol. The second-order valence-corrected chi connectivity index (χ2v) is 7.03. The number of hydrogen-bond acceptors (Lipinski definition) is 5. The zero-order chi connectivity index (χ0) is 19.8. The van der Waals surface area contributed by atoms with E-state index in [4.69, 9.17) is 4.74 Å². The predicted octanol–water partition coefficient (Wildman–Crippen LogP) is 3.19. The molecule has 1 saturated heterocycles. The molecule has 28 heavy (non-hydrogen) atoms. The van der Waals surface area contributed by atoms with E-state index in [1.807, 2.05) is 30.3 Å². The van der Waals surface area contributed by atoms with Gasteiger partial charge in [-0.05, 0) is 37.2 Å². The summed E-state index contributed by atoms with van der Waals surface area (Å²) in [6.45, 7) is 6.37. The lowest BCUT2D eigenvalue weighted by atomic mass is 10.1. The molecule has 1 aliphatic heterocycles. The summed E-state index contributed by atoms with van der Waals surface area (Å²) in [7, 11) is 0. The average Bonchev–Trinajstić information content (AvgIpc) is 2.70. The molecular weight excluding hydrogens is 359 g/mol. The Labute approximate surface area is 165 Å². The number of ketones is 1. The first-order chi connectivity index (χ1) is 13.6. The van der Waals surface area contributed by atoms with Gasteiger partial charge in [-0.1, -0.05) is 18.2 Å². The van der Waals surface area contributed by atoms with Gasteiger partial charge in [-0.15, -0.1) is 0 Å². The standard InChI is InChI=1S/C22H27FN2O3/c23-18-8-9-20(22(27)17-18)21(26)7-4-10-24-11-13-25(14-12-24)15-16-28-19-5-2-1-3-6-19/h1-3,5-6,8-9,17,27H,4,7,10-16H2. The number of nitrogens with zero attached hydrogens (tertiary/aromatic N) is 2. The molecule has 0 aliphatic carbocycles. The number of carbonyl (C=O) groups is 1. The van der Waals surface area contributed by atoms with E-state index < -0.39 is 5.82 Å². The van der Waals surface area contributed by atoms with Crippen molar-refractivity contribution in [3.63, 3.8) is 0 Å². The highest BCUT2D eigenvalue weighted by Crippen LogP contribution is 2.20. The summed E-state index contributed by atoms with van der Waals surface area (Å²) in [5.74, 6) is -0.0652. The Morgan fingerprint density at radius 3 is 2.36 bits per heavy atom. The van der Waals surface area contributed by atoms with Gasteiger partial charge in [0.15, 0.2) is 5.78 Å². The van der Waals surface area contributed by atoms with Gasteiger partial charge < -0.3 is 14.7 Å². The number of para-hydroxylation sites is 1. The number of rotatable bonds is 9. The quantitative estimate of drug-likeness (QED) is 0.671. The molecule has 0 atom stereocenters. The molecule has 3 rings (SSSR count). The largest absolute Gasteiger partial charge is 0.507 e. The predicted molar refractivity (Wildman–Crippen MR) is 106 cm³/mol. The molecule has 1 N–H and O–H groups in total. The molecule has 1 heterocycles. The average molecular weight is 386 g/mol. The SMILES string of the molecule is O=C(CCCN1CCN(CCOc2ccccc2)CC1)c1ccc(F)cc1O. The van der Waals surface area contributed by atoms with Crippen LogP contribution in [-0.4, -0.2) is 66.6 Å². The summed E-state index contributed by atoms with van der Waals surface area (Å²) in [6, 6.07) is 13.4. The van der Waals surface area contributed by atoms with Crippen LogP contribution in [0.3, 0.4) is 0 Å². The smallest absolute Gasteiger partial charge is 0.166 e. The van der Waals surface area contributed by atoms with Gasteiger partial charge in [-0.3, -0.25) is 9.69 Å². The fourth-order valence-electron chi connectivity index (χ4n) is 3.38. The fourth-order valence-corrected chi connectivity index (χ4v) is 3.38. The van der Waals surface area contributed by atoms with Crippen molar-refractivity contribution in [3.05, 3.63) is 59.9 Å². The Kier molecular flexibility index (Phi) is 7.39. The molecule has 0 radical (unpaired) electrons. The lowest BCUT2D eigenvalue weighted by Crippen LogP contribution is -2.47. The van der Waals surface area contributed by atoms with Crippen LogP contribution in [0.25, 0.3) is 0 Å². The highest BCUT2D eigenvalue weighted by Gasteiger charge is 2.17. The molecule has 5 nitrogen and oxygen atoms in total. The summed E-state index contributed by atoms with van der Waals surface area (Å²) >= 11 is 0. The van der Waals surface area contributed by atoms with Crippen LogP contribution in [0, 0.1) is 5.82 Å². The third kappa shape index (κ3) is 6.04. The summed E-state index contributed by atoms with van der Waals surface area (Å²) in [6.07, 6.45) is 1.08. The van der Waals surface area contributed by atoms with Gasteiger partial charge in [0.1, 0.15) is 23.9 Å². The Morgan fingerprint density at radius 1 is 1.00 bits per heavy atom. The van der Waals surface area contributed by atoms with E-state index in [-0.39, 0.29) is 17.1 Å². The molecule has 0 aromatic heterocycles. The third-order valence-electron chi connectivity index (χ3n) is 5.02. The number of aromatic hydroxyl groups is 1. The van der Waals surface area contributed by atoms with E-state index >= 15 is 0 Å². The van der Waals surface area contributed by atoms with Crippen molar-refractivity contribution in [3.8, 4) is 11.5 Å². The number of hydrogen-bond donors (Lipinski definition) is 1.